The molecule has 0 bridgehead atoms. The first-order valence-corrected chi connectivity index (χ1v) is 7.87. The fourth-order valence-electron chi connectivity index (χ4n) is 3.00. The summed E-state index contributed by atoms with van der Waals surface area (Å²) < 4.78 is 5.46. The van der Waals surface area contributed by atoms with Crippen LogP contribution in [0.3, 0.4) is 0 Å². The van der Waals surface area contributed by atoms with E-state index >= 15 is 0 Å². The number of likely N-dealkylation sites (tertiary alicyclic amines) is 1. The lowest BCUT2D eigenvalue weighted by Gasteiger charge is -2.33. The van der Waals surface area contributed by atoms with E-state index in [4.69, 9.17) is 4.52 Å². The number of aromatic nitrogens is 3. The van der Waals surface area contributed by atoms with Crippen molar-refractivity contribution in [3.05, 3.63) is 30.4 Å². The molecule has 2 aliphatic rings. The van der Waals surface area contributed by atoms with Crippen LogP contribution in [0.2, 0.25) is 0 Å². The molecule has 114 valence electrons. The molecule has 0 radical (unpaired) electrons. The number of amides is 1. The van der Waals surface area contributed by atoms with Crippen LogP contribution in [0, 0.1) is 5.92 Å². The third-order valence-corrected chi connectivity index (χ3v) is 4.36. The smallest absolute Gasteiger partial charge is 0.249 e. The lowest BCUT2D eigenvalue weighted by molar-refractivity contribution is -0.137. The summed E-state index contributed by atoms with van der Waals surface area (Å²) in [4.78, 5) is 23.0. The Morgan fingerprint density at radius 2 is 2.18 bits per heavy atom. The quantitative estimate of drug-likeness (QED) is 0.871. The zero-order valence-corrected chi connectivity index (χ0v) is 12.3. The number of nitrogens with zero attached hydrogens (tertiary/aromatic N) is 4. The molecule has 0 aromatic carbocycles. The highest BCUT2D eigenvalue weighted by atomic mass is 16.5. The molecule has 6 nitrogen and oxygen atoms in total. The second-order valence-corrected chi connectivity index (χ2v) is 6.02. The maximum Gasteiger partial charge on any atom is 0.249 e. The molecule has 3 heterocycles. The fourth-order valence-corrected chi connectivity index (χ4v) is 3.00. The normalized spacial score (nSPS) is 21.8. The molecule has 1 unspecified atom stereocenters. The van der Waals surface area contributed by atoms with Crippen molar-refractivity contribution in [3.8, 4) is 11.4 Å². The van der Waals surface area contributed by atoms with Crippen molar-refractivity contribution in [2.45, 2.75) is 38.1 Å². The maximum atomic E-state index is 12.4. The minimum absolute atomic E-state index is 0.0697. The molecule has 1 saturated carbocycles. The second kappa shape index (κ2) is 5.51. The SMILES string of the molecule is O=C(C1CC1)N1CCCCC1c1nc(-c2cccnc2)no1. The highest BCUT2D eigenvalue weighted by Gasteiger charge is 2.39. The topological polar surface area (TPSA) is 72.1 Å². The van der Waals surface area contributed by atoms with E-state index in [0.29, 0.717) is 11.7 Å². The van der Waals surface area contributed by atoms with Crippen molar-refractivity contribution < 1.29 is 9.32 Å². The molecule has 1 aliphatic heterocycles. The van der Waals surface area contributed by atoms with Gasteiger partial charge in [0, 0.05) is 30.4 Å². The minimum atomic E-state index is -0.0697. The van der Waals surface area contributed by atoms with Gasteiger partial charge in [-0.3, -0.25) is 9.78 Å². The number of piperidine rings is 1. The third-order valence-electron chi connectivity index (χ3n) is 4.36. The molecule has 1 atom stereocenters. The average molecular weight is 298 g/mol. The van der Waals surface area contributed by atoms with Gasteiger partial charge in [-0.2, -0.15) is 4.98 Å². The number of pyridine rings is 1. The molecule has 1 amide bonds. The standard InChI is InChI=1S/C16H18N4O2/c21-16(11-6-7-11)20-9-2-1-5-13(20)15-18-14(19-22-15)12-4-3-8-17-10-12/h3-4,8,10-11,13H,1-2,5-7,9H2. The van der Waals surface area contributed by atoms with E-state index in [-0.39, 0.29) is 17.9 Å². The lowest BCUT2D eigenvalue weighted by atomic mass is 10.0. The van der Waals surface area contributed by atoms with Crippen molar-refractivity contribution >= 4 is 5.91 Å². The van der Waals surface area contributed by atoms with E-state index < -0.39 is 0 Å². The van der Waals surface area contributed by atoms with Crippen LogP contribution in [0.5, 0.6) is 0 Å². The summed E-state index contributed by atoms with van der Waals surface area (Å²) in [6.07, 6.45) is 8.50. The summed E-state index contributed by atoms with van der Waals surface area (Å²) in [5.41, 5.74) is 0.827. The number of carbonyl (C=O) groups is 1. The van der Waals surface area contributed by atoms with Crippen LogP contribution in [0.25, 0.3) is 11.4 Å². The number of carbonyl (C=O) groups excluding carboxylic acids is 1. The third kappa shape index (κ3) is 2.49. The van der Waals surface area contributed by atoms with E-state index in [2.05, 4.69) is 15.1 Å². The van der Waals surface area contributed by atoms with Crippen LogP contribution >= 0.6 is 0 Å². The van der Waals surface area contributed by atoms with Crippen molar-refractivity contribution in [2.75, 3.05) is 6.54 Å². The molecule has 0 N–H and O–H groups in total. The van der Waals surface area contributed by atoms with E-state index in [0.717, 1.165) is 44.2 Å². The first-order valence-electron chi connectivity index (χ1n) is 7.87. The predicted molar refractivity (Wildman–Crippen MR) is 78.6 cm³/mol. The molecule has 0 spiro atoms. The predicted octanol–water partition coefficient (Wildman–Crippen LogP) is 2.60. The van der Waals surface area contributed by atoms with Gasteiger partial charge in [-0.15, -0.1) is 0 Å². The van der Waals surface area contributed by atoms with E-state index in [1.54, 1.807) is 12.4 Å². The van der Waals surface area contributed by atoms with Crippen LogP contribution < -0.4 is 0 Å². The minimum Gasteiger partial charge on any atom is -0.337 e. The van der Waals surface area contributed by atoms with Gasteiger partial charge in [0.15, 0.2) is 0 Å². The summed E-state index contributed by atoms with van der Waals surface area (Å²) in [5.74, 6) is 1.56. The van der Waals surface area contributed by atoms with Crippen molar-refractivity contribution in [1.29, 1.82) is 0 Å². The zero-order chi connectivity index (χ0) is 14.9. The molecule has 6 heteroatoms. The van der Waals surface area contributed by atoms with Gasteiger partial charge < -0.3 is 9.42 Å². The second-order valence-electron chi connectivity index (χ2n) is 6.02. The van der Waals surface area contributed by atoms with Gasteiger partial charge in [-0.05, 0) is 44.2 Å². The average Bonchev–Trinajstić information content (AvgIpc) is 3.32. The fraction of sp³-hybridized carbons (Fsp3) is 0.500. The Balaban J connectivity index is 1.59. The summed E-state index contributed by atoms with van der Waals surface area (Å²) in [5, 5.41) is 4.05. The Labute approximate surface area is 128 Å². The highest BCUT2D eigenvalue weighted by Crippen LogP contribution is 2.37. The molecular formula is C16H18N4O2. The van der Waals surface area contributed by atoms with Crippen LogP contribution in [-0.2, 0) is 4.79 Å². The monoisotopic (exact) mass is 298 g/mol. The summed E-state index contributed by atoms with van der Waals surface area (Å²) >= 11 is 0. The molecule has 1 aliphatic carbocycles. The Morgan fingerprint density at radius 3 is 2.95 bits per heavy atom. The first-order chi connectivity index (χ1) is 10.8. The Morgan fingerprint density at radius 1 is 1.27 bits per heavy atom. The van der Waals surface area contributed by atoms with Gasteiger partial charge in [0.1, 0.15) is 6.04 Å². The summed E-state index contributed by atoms with van der Waals surface area (Å²) in [7, 11) is 0. The molecule has 2 aromatic heterocycles. The highest BCUT2D eigenvalue weighted by molar-refractivity contribution is 5.81. The van der Waals surface area contributed by atoms with Crippen molar-refractivity contribution in [3.63, 3.8) is 0 Å². The zero-order valence-electron chi connectivity index (χ0n) is 12.3. The van der Waals surface area contributed by atoms with Crippen molar-refractivity contribution in [2.24, 2.45) is 5.92 Å². The van der Waals surface area contributed by atoms with Gasteiger partial charge in [0.2, 0.25) is 17.6 Å². The van der Waals surface area contributed by atoms with E-state index in [1.165, 1.54) is 0 Å². The Hall–Kier alpha value is -2.24. The van der Waals surface area contributed by atoms with Crippen LogP contribution in [0.1, 0.15) is 44.0 Å². The molecule has 2 aromatic rings. The number of hydrogen-bond donors (Lipinski definition) is 0. The van der Waals surface area contributed by atoms with E-state index in [9.17, 15) is 4.79 Å². The molecular weight excluding hydrogens is 280 g/mol. The van der Waals surface area contributed by atoms with Gasteiger partial charge in [0.05, 0.1) is 0 Å². The van der Waals surface area contributed by atoms with Crippen LogP contribution in [-0.4, -0.2) is 32.5 Å². The van der Waals surface area contributed by atoms with Crippen LogP contribution in [0.4, 0.5) is 0 Å². The Kier molecular flexibility index (Phi) is 3.36. The Bertz CT molecular complexity index is 666. The van der Waals surface area contributed by atoms with Gasteiger partial charge in [0.25, 0.3) is 0 Å². The van der Waals surface area contributed by atoms with Gasteiger partial charge in [-0.25, -0.2) is 0 Å². The molecule has 22 heavy (non-hydrogen) atoms. The van der Waals surface area contributed by atoms with Gasteiger partial charge in [-0.1, -0.05) is 5.16 Å². The largest absolute Gasteiger partial charge is 0.337 e. The van der Waals surface area contributed by atoms with E-state index in [1.807, 2.05) is 17.0 Å². The first kappa shape index (κ1) is 13.4. The lowest BCUT2D eigenvalue weighted by Crippen LogP contribution is -2.39. The molecule has 1 saturated heterocycles. The van der Waals surface area contributed by atoms with Crippen LogP contribution in [0.15, 0.2) is 29.0 Å². The molecule has 2 fully saturated rings. The van der Waals surface area contributed by atoms with Crippen molar-refractivity contribution in [1.82, 2.24) is 20.0 Å². The number of rotatable bonds is 3. The van der Waals surface area contributed by atoms with Gasteiger partial charge >= 0.3 is 0 Å². The summed E-state index contributed by atoms with van der Waals surface area (Å²) in [6, 6.07) is 3.67. The maximum absolute atomic E-state index is 12.4. The number of hydrogen-bond acceptors (Lipinski definition) is 5. The summed E-state index contributed by atoms with van der Waals surface area (Å²) in [6.45, 7) is 0.796. The molecule has 4 rings (SSSR count).